The van der Waals surface area contributed by atoms with Gasteiger partial charge in [-0.2, -0.15) is 0 Å². The highest BCUT2D eigenvalue weighted by atomic mass is 16.5. The number of aromatic nitrogens is 2. The van der Waals surface area contributed by atoms with E-state index in [1.54, 1.807) is 6.33 Å². The van der Waals surface area contributed by atoms with Crippen LogP contribution in [0.25, 0.3) is 0 Å². The third-order valence-corrected chi connectivity index (χ3v) is 7.91. The van der Waals surface area contributed by atoms with Gasteiger partial charge in [-0.15, -0.1) is 0 Å². The van der Waals surface area contributed by atoms with Crippen molar-refractivity contribution in [1.82, 2.24) is 25.7 Å². The lowest BCUT2D eigenvalue weighted by molar-refractivity contribution is -0.0500. The van der Waals surface area contributed by atoms with Gasteiger partial charge in [0.25, 0.3) is 0 Å². The van der Waals surface area contributed by atoms with Gasteiger partial charge in [-0.3, -0.25) is 10.3 Å². The van der Waals surface area contributed by atoms with Crippen molar-refractivity contribution >= 4 is 5.82 Å². The van der Waals surface area contributed by atoms with Crippen molar-refractivity contribution in [3.05, 3.63) is 18.1 Å². The number of fused-ring (bicyclic) bond motifs is 3. The Hall–Kier alpha value is -1.28. The summed E-state index contributed by atoms with van der Waals surface area (Å²) in [6, 6.07) is 4.28. The normalized spacial score (nSPS) is 41.4. The molecule has 2 saturated carbocycles. The van der Waals surface area contributed by atoms with E-state index in [4.69, 9.17) is 4.74 Å². The molecule has 0 aromatic carbocycles. The van der Waals surface area contributed by atoms with E-state index >= 15 is 0 Å². The van der Waals surface area contributed by atoms with Crippen LogP contribution in [0.2, 0.25) is 0 Å². The van der Waals surface area contributed by atoms with Crippen molar-refractivity contribution in [2.24, 2.45) is 5.92 Å². The van der Waals surface area contributed by atoms with Gasteiger partial charge in [0.05, 0.1) is 23.4 Å². The number of rotatable bonds is 4. The molecule has 2 N–H and O–H groups in total. The first-order valence-corrected chi connectivity index (χ1v) is 11.1. The topological polar surface area (TPSA) is 65.5 Å². The van der Waals surface area contributed by atoms with Gasteiger partial charge >= 0.3 is 0 Å². The molecule has 7 heteroatoms. The van der Waals surface area contributed by atoms with Crippen molar-refractivity contribution in [1.29, 1.82) is 0 Å². The molecule has 2 aliphatic carbocycles. The molecule has 5 fully saturated rings. The number of likely N-dealkylation sites (N-methyl/N-ethyl adjacent to an activating group) is 1. The number of hydrazine groups is 1. The molecule has 1 aromatic rings. The number of hydrogen-bond donors (Lipinski definition) is 2. The Morgan fingerprint density at radius 3 is 2.75 bits per heavy atom. The Morgan fingerprint density at radius 1 is 1.11 bits per heavy atom. The number of anilines is 1. The highest BCUT2D eigenvalue weighted by molar-refractivity contribution is 5.44. The van der Waals surface area contributed by atoms with Crippen molar-refractivity contribution in [2.45, 2.75) is 81.3 Å². The summed E-state index contributed by atoms with van der Waals surface area (Å²) in [5.74, 6) is 1.63. The summed E-state index contributed by atoms with van der Waals surface area (Å²) in [5.41, 5.74) is 8.38. The average Bonchev–Trinajstić information content (AvgIpc) is 3.05. The maximum absolute atomic E-state index is 6.43. The van der Waals surface area contributed by atoms with E-state index in [9.17, 15) is 0 Å². The lowest BCUT2D eigenvalue weighted by Gasteiger charge is -2.35. The lowest BCUT2D eigenvalue weighted by atomic mass is 9.79. The van der Waals surface area contributed by atoms with E-state index < -0.39 is 0 Å². The van der Waals surface area contributed by atoms with Crippen LogP contribution in [0.5, 0.6) is 0 Å². The number of ether oxygens (including phenoxy) is 1. The Morgan fingerprint density at radius 2 is 2.00 bits per heavy atom. The SMILES string of the molecule is CN1C[C@@H]2C[C@H]1CN2c1cc(C2NNC3CCC(OC4(C)CC4)CC32)ncn1. The summed E-state index contributed by atoms with van der Waals surface area (Å²) in [6.45, 7) is 4.50. The summed E-state index contributed by atoms with van der Waals surface area (Å²) in [7, 11) is 2.24. The average molecular weight is 385 g/mol. The summed E-state index contributed by atoms with van der Waals surface area (Å²) < 4.78 is 6.43. The molecule has 1 aromatic heterocycles. The number of piperazine rings is 1. The molecule has 0 amide bonds. The van der Waals surface area contributed by atoms with Crippen LogP contribution in [0, 0.1) is 5.92 Å². The molecule has 7 nitrogen and oxygen atoms in total. The molecule has 4 heterocycles. The summed E-state index contributed by atoms with van der Waals surface area (Å²) >= 11 is 0. The van der Waals surface area contributed by atoms with Gasteiger partial charge in [-0.1, -0.05) is 0 Å². The zero-order valence-corrected chi connectivity index (χ0v) is 17.0. The quantitative estimate of drug-likeness (QED) is 0.818. The molecule has 4 unspecified atom stereocenters. The van der Waals surface area contributed by atoms with Crippen molar-refractivity contribution < 1.29 is 4.74 Å². The Kier molecular flexibility index (Phi) is 3.99. The second kappa shape index (κ2) is 6.36. The fraction of sp³-hybridized carbons (Fsp3) is 0.810. The molecular formula is C21H32N6O. The second-order valence-corrected chi connectivity index (χ2v) is 9.98. The van der Waals surface area contributed by atoms with Gasteiger partial charge in [0.1, 0.15) is 12.1 Å². The second-order valence-electron chi connectivity index (χ2n) is 9.98. The van der Waals surface area contributed by atoms with Crippen LogP contribution in [0.4, 0.5) is 5.82 Å². The minimum absolute atomic E-state index is 0.163. The lowest BCUT2D eigenvalue weighted by Crippen LogP contribution is -2.45. The smallest absolute Gasteiger partial charge is 0.132 e. The first kappa shape index (κ1) is 17.6. The van der Waals surface area contributed by atoms with Crippen LogP contribution in [-0.2, 0) is 4.74 Å². The standard InChI is InChI=1S/C21H32N6O/c1-21(5-6-21)28-15-3-4-17-16(8-15)20(25-24-17)18-9-19(23-12-22-18)27-11-13-7-14(27)10-26(13)2/h9,12-17,20,24-25H,3-8,10-11H2,1-2H3/t13-,14-,15?,16?,17?,20?/m0/s1. The predicted octanol–water partition coefficient (Wildman–Crippen LogP) is 1.62. The third-order valence-electron chi connectivity index (χ3n) is 7.91. The van der Waals surface area contributed by atoms with Gasteiger partial charge in [-0.05, 0) is 52.5 Å². The molecule has 28 heavy (non-hydrogen) atoms. The number of nitrogens with zero attached hydrogens (tertiary/aromatic N) is 4. The van der Waals surface area contributed by atoms with E-state index in [2.05, 4.69) is 50.7 Å². The van der Waals surface area contributed by atoms with E-state index in [1.165, 1.54) is 25.7 Å². The molecule has 5 aliphatic rings. The molecule has 0 spiro atoms. The summed E-state index contributed by atoms with van der Waals surface area (Å²) in [4.78, 5) is 14.3. The molecule has 6 rings (SSSR count). The molecule has 152 valence electrons. The number of hydrogen-bond acceptors (Lipinski definition) is 7. The zero-order valence-electron chi connectivity index (χ0n) is 17.0. The van der Waals surface area contributed by atoms with Crippen molar-refractivity contribution in [3.63, 3.8) is 0 Å². The maximum Gasteiger partial charge on any atom is 0.132 e. The highest BCUT2D eigenvalue weighted by Crippen LogP contribution is 2.45. The van der Waals surface area contributed by atoms with Crippen LogP contribution < -0.4 is 15.8 Å². The largest absolute Gasteiger partial charge is 0.372 e. The first-order valence-electron chi connectivity index (χ1n) is 11.1. The summed E-state index contributed by atoms with van der Waals surface area (Å²) in [5, 5.41) is 0. The van der Waals surface area contributed by atoms with Gasteiger partial charge in [-0.25, -0.2) is 15.4 Å². The van der Waals surface area contributed by atoms with Gasteiger partial charge in [0.2, 0.25) is 0 Å². The zero-order chi connectivity index (χ0) is 18.9. The molecule has 3 saturated heterocycles. The maximum atomic E-state index is 6.43. The molecule has 2 bridgehead atoms. The van der Waals surface area contributed by atoms with Crippen LogP contribution in [-0.4, -0.2) is 64.8 Å². The molecular weight excluding hydrogens is 352 g/mol. The predicted molar refractivity (Wildman–Crippen MR) is 107 cm³/mol. The summed E-state index contributed by atoms with van der Waals surface area (Å²) in [6.07, 6.45) is 9.32. The van der Waals surface area contributed by atoms with Crippen LogP contribution in [0.3, 0.4) is 0 Å². The van der Waals surface area contributed by atoms with Crippen LogP contribution in [0.1, 0.15) is 57.2 Å². The Bertz CT molecular complexity index is 752. The van der Waals surface area contributed by atoms with Crippen LogP contribution >= 0.6 is 0 Å². The van der Waals surface area contributed by atoms with E-state index in [-0.39, 0.29) is 11.6 Å². The van der Waals surface area contributed by atoms with Crippen molar-refractivity contribution in [2.75, 3.05) is 25.0 Å². The Labute approximate surface area is 167 Å². The monoisotopic (exact) mass is 384 g/mol. The van der Waals surface area contributed by atoms with E-state index in [0.717, 1.165) is 37.4 Å². The minimum atomic E-state index is 0.163. The molecule has 3 aliphatic heterocycles. The molecule has 6 atom stereocenters. The number of likely N-dealkylation sites (tertiary alicyclic amines) is 1. The molecule has 0 radical (unpaired) electrons. The number of nitrogens with one attached hydrogen (secondary N) is 2. The highest BCUT2D eigenvalue weighted by Gasteiger charge is 2.47. The third kappa shape index (κ3) is 2.95. The Balaban J connectivity index is 1.19. The van der Waals surface area contributed by atoms with E-state index in [1.807, 2.05) is 0 Å². The van der Waals surface area contributed by atoms with Gasteiger partial charge in [0, 0.05) is 43.2 Å². The van der Waals surface area contributed by atoms with E-state index in [0.29, 0.717) is 30.1 Å². The van der Waals surface area contributed by atoms with Gasteiger partial charge in [0.15, 0.2) is 0 Å². The fourth-order valence-corrected chi connectivity index (χ4v) is 5.95. The first-order chi connectivity index (χ1) is 13.6. The van der Waals surface area contributed by atoms with Gasteiger partial charge < -0.3 is 9.64 Å². The van der Waals surface area contributed by atoms with Crippen molar-refractivity contribution in [3.8, 4) is 0 Å². The van der Waals surface area contributed by atoms with Crippen LogP contribution in [0.15, 0.2) is 12.4 Å². The minimum Gasteiger partial charge on any atom is -0.372 e. The fourth-order valence-electron chi connectivity index (χ4n) is 5.95.